The lowest BCUT2D eigenvalue weighted by molar-refractivity contribution is -0.137. The molecule has 0 aliphatic carbocycles. The molecule has 1 unspecified atom stereocenters. The number of amides is 1. The van der Waals surface area contributed by atoms with Crippen LogP contribution in [0.2, 0.25) is 0 Å². The molecule has 0 aliphatic rings. The summed E-state index contributed by atoms with van der Waals surface area (Å²) in [5.74, 6) is -0.191. The van der Waals surface area contributed by atoms with Gasteiger partial charge in [-0.2, -0.15) is 13.2 Å². The minimum absolute atomic E-state index is 0.0628. The minimum Gasteiger partial charge on any atom is -0.466 e. The molecule has 26 heavy (non-hydrogen) atoms. The lowest BCUT2D eigenvalue weighted by Gasteiger charge is -2.09. The lowest BCUT2D eigenvalue weighted by atomic mass is 10.1. The van der Waals surface area contributed by atoms with E-state index in [2.05, 4.69) is 5.32 Å². The lowest BCUT2D eigenvalue weighted by Crippen LogP contribution is -2.22. The Morgan fingerprint density at radius 3 is 2.69 bits per heavy atom. The van der Waals surface area contributed by atoms with Crippen LogP contribution in [0.15, 0.2) is 59.2 Å². The molecule has 1 amide bonds. The van der Waals surface area contributed by atoms with Gasteiger partial charge in [0.2, 0.25) is 0 Å². The van der Waals surface area contributed by atoms with Crippen molar-refractivity contribution in [2.45, 2.75) is 18.8 Å². The molecule has 0 bridgehead atoms. The first-order chi connectivity index (χ1) is 12.3. The number of halogens is 3. The van der Waals surface area contributed by atoms with Gasteiger partial charge in [0, 0.05) is 15.3 Å². The zero-order chi connectivity index (χ0) is 18.7. The van der Waals surface area contributed by atoms with Crippen LogP contribution in [0.4, 0.5) is 13.2 Å². The van der Waals surface area contributed by atoms with Crippen LogP contribution in [-0.2, 0) is 12.7 Å². The van der Waals surface area contributed by atoms with E-state index in [0.717, 1.165) is 17.0 Å². The summed E-state index contributed by atoms with van der Waals surface area (Å²) in [6, 6.07) is 11.0. The van der Waals surface area contributed by atoms with E-state index in [-0.39, 0.29) is 12.1 Å². The molecular formula is C18H14F3NO3S. The SMILES string of the molecule is O=C(NCc1ccc(C(O)c2ccco2)s1)c1cccc(C(F)(F)F)c1. The first-order valence-electron chi connectivity index (χ1n) is 7.60. The summed E-state index contributed by atoms with van der Waals surface area (Å²) in [6.45, 7) is 0.143. The Morgan fingerprint density at radius 2 is 2.00 bits per heavy atom. The maximum absolute atomic E-state index is 12.7. The largest absolute Gasteiger partial charge is 0.466 e. The van der Waals surface area contributed by atoms with E-state index >= 15 is 0 Å². The van der Waals surface area contributed by atoms with Crippen molar-refractivity contribution >= 4 is 17.2 Å². The number of rotatable bonds is 5. The van der Waals surface area contributed by atoms with Crippen LogP contribution in [-0.4, -0.2) is 11.0 Å². The van der Waals surface area contributed by atoms with Gasteiger partial charge in [-0.05, 0) is 42.5 Å². The highest BCUT2D eigenvalue weighted by atomic mass is 32.1. The monoisotopic (exact) mass is 381 g/mol. The Kier molecular flexibility index (Phi) is 5.15. The standard InChI is InChI=1S/C18H14F3NO3S/c19-18(20,21)12-4-1-3-11(9-12)17(24)22-10-13-6-7-15(26-13)16(23)14-5-2-8-25-14/h1-9,16,23H,10H2,(H,22,24). The van der Waals surface area contributed by atoms with Gasteiger partial charge in [0.25, 0.3) is 5.91 Å². The fraction of sp³-hybridized carbons (Fsp3) is 0.167. The van der Waals surface area contributed by atoms with Crippen molar-refractivity contribution in [1.82, 2.24) is 5.32 Å². The summed E-state index contributed by atoms with van der Waals surface area (Å²) in [5.41, 5.74) is -0.933. The van der Waals surface area contributed by atoms with Crippen molar-refractivity contribution in [2.75, 3.05) is 0 Å². The number of hydrogen-bond donors (Lipinski definition) is 2. The van der Waals surface area contributed by atoms with Crippen molar-refractivity contribution in [2.24, 2.45) is 0 Å². The number of thiophene rings is 1. The highest BCUT2D eigenvalue weighted by Gasteiger charge is 2.30. The number of aliphatic hydroxyl groups excluding tert-OH is 1. The van der Waals surface area contributed by atoms with Gasteiger partial charge in [-0.1, -0.05) is 6.07 Å². The predicted molar refractivity (Wildman–Crippen MR) is 89.7 cm³/mol. The molecule has 0 saturated heterocycles. The summed E-state index contributed by atoms with van der Waals surface area (Å²) >= 11 is 1.28. The third-order valence-electron chi connectivity index (χ3n) is 3.64. The molecule has 8 heteroatoms. The Bertz CT molecular complexity index is 887. The van der Waals surface area contributed by atoms with Crippen molar-refractivity contribution in [3.63, 3.8) is 0 Å². The molecule has 136 valence electrons. The average Bonchev–Trinajstić information content (AvgIpc) is 3.30. The summed E-state index contributed by atoms with van der Waals surface area (Å²) < 4.78 is 43.3. The molecular weight excluding hydrogens is 367 g/mol. The highest BCUT2D eigenvalue weighted by Crippen LogP contribution is 2.30. The Morgan fingerprint density at radius 1 is 1.19 bits per heavy atom. The molecule has 1 atom stereocenters. The fourth-order valence-corrected chi connectivity index (χ4v) is 3.28. The summed E-state index contributed by atoms with van der Waals surface area (Å²) in [6.07, 6.45) is -3.94. The van der Waals surface area contributed by atoms with Gasteiger partial charge in [0.1, 0.15) is 11.9 Å². The van der Waals surface area contributed by atoms with E-state index in [9.17, 15) is 23.1 Å². The third kappa shape index (κ3) is 4.14. The number of furan rings is 1. The molecule has 2 N–H and O–H groups in total. The minimum atomic E-state index is -4.50. The van der Waals surface area contributed by atoms with Gasteiger partial charge < -0.3 is 14.8 Å². The van der Waals surface area contributed by atoms with Crippen LogP contribution in [0.1, 0.15) is 37.5 Å². The summed E-state index contributed by atoms with van der Waals surface area (Å²) in [7, 11) is 0. The third-order valence-corrected chi connectivity index (χ3v) is 4.78. The van der Waals surface area contributed by atoms with Gasteiger partial charge >= 0.3 is 6.18 Å². The molecule has 0 radical (unpaired) electrons. The molecule has 0 aliphatic heterocycles. The van der Waals surface area contributed by atoms with Crippen LogP contribution in [0.5, 0.6) is 0 Å². The van der Waals surface area contributed by atoms with E-state index in [1.165, 1.54) is 29.7 Å². The van der Waals surface area contributed by atoms with Crippen LogP contribution < -0.4 is 5.32 Å². The Labute approximate surface area is 150 Å². The number of carbonyl (C=O) groups is 1. The van der Waals surface area contributed by atoms with E-state index in [1.54, 1.807) is 24.3 Å². The second-order valence-electron chi connectivity index (χ2n) is 5.48. The highest BCUT2D eigenvalue weighted by molar-refractivity contribution is 7.12. The summed E-state index contributed by atoms with van der Waals surface area (Å²) in [4.78, 5) is 13.5. The van der Waals surface area contributed by atoms with Crippen LogP contribution in [0.3, 0.4) is 0 Å². The molecule has 2 heterocycles. The van der Waals surface area contributed by atoms with E-state index in [1.807, 2.05) is 0 Å². The molecule has 0 fully saturated rings. The van der Waals surface area contributed by atoms with Crippen LogP contribution >= 0.6 is 11.3 Å². The molecule has 0 saturated carbocycles. The molecule has 4 nitrogen and oxygen atoms in total. The van der Waals surface area contributed by atoms with E-state index < -0.39 is 23.8 Å². The van der Waals surface area contributed by atoms with Gasteiger partial charge in [-0.3, -0.25) is 4.79 Å². The van der Waals surface area contributed by atoms with E-state index in [0.29, 0.717) is 10.6 Å². The van der Waals surface area contributed by atoms with Crippen LogP contribution in [0, 0.1) is 0 Å². The van der Waals surface area contributed by atoms with Crippen molar-refractivity contribution in [1.29, 1.82) is 0 Å². The Balaban J connectivity index is 1.64. The number of nitrogens with one attached hydrogen (secondary N) is 1. The zero-order valence-corrected chi connectivity index (χ0v) is 14.1. The normalized spacial score (nSPS) is 12.8. The van der Waals surface area contributed by atoms with Crippen molar-refractivity contribution < 1.29 is 27.5 Å². The zero-order valence-electron chi connectivity index (χ0n) is 13.3. The van der Waals surface area contributed by atoms with Gasteiger partial charge in [-0.15, -0.1) is 11.3 Å². The summed E-state index contributed by atoms with van der Waals surface area (Å²) in [5, 5.41) is 12.8. The van der Waals surface area contributed by atoms with Crippen LogP contribution in [0.25, 0.3) is 0 Å². The predicted octanol–water partition coefficient (Wildman–Crippen LogP) is 4.37. The Hall–Kier alpha value is -2.58. The molecule has 3 rings (SSSR count). The molecule has 0 spiro atoms. The van der Waals surface area contributed by atoms with Gasteiger partial charge in [0.05, 0.1) is 18.4 Å². The number of benzene rings is 1. The second kappa shape index (κ2) is 7.35. The number of alkyl halides is 3. The van der Waals surface area contributed by atoms with Gasteiger partial charge in [0.15, 0.2) is 0 Å². The van der Waals surface area contributed by atoms with Gasteiger partial charge in [-0.25, -0.2) is 0 Å². The first kappa shape index (κ1) is 18.2. The van der Waals surface area contributed by atoms with Crippen molar-refractivity contribution in [3.05, 3.63) is 81.4 Å². The second-order valence-corrected chi connectivity index (χ2v) is 6.68. The van der Waals surface area contributed by atoms with Crippen molar-refractivity contribution in [3.8, 4) is 0 Å². The van der Waals surface area contributed by atoms with E-state index in [4.69, 9.17) is 4.42 Å². The topological polar surface area (TPSA) is 62.5 Å². The molecule has 3 aromatic rings. The quantitative estimate of drug-likeness (QED) is 0.690. The molecule has 2 aromatic heterocycles. The number of carbonyl (C=O) groups excluding carboxylic acids is 1. The maximum Gasteiger partial charge on any atom is 0.416 e. The maximum atomic E-state index is 12.7. The number of hydrogen-bond acceptors (Lipinski definition) is 4. The average molecular weight is 381 g/mol. The smallest absolute Gasteiger partial charge is 0.416 e. The first-order valence-corrected chi connectivity index (χ1v) is 8.42. The fourth-order valence-electron chi connectivity index (χ4n) is 2.33. The number of aliphatic hydroxyl groups is 1. The molecule has 1 aromatic carbocycles.